The predicted molar refractivity (Wildman–Crippen MR) is 107 cm³/mol. The topological polar surface area (TPSA) is 123 Å². The molecular formula is C19H20F5N7O2. The molecule has 9 nitrogen and oxygen atoms in total. The molecule has 1 saturated heterocycles. The lowest BCUT2D eigenvalue weighted by Gasteiger charge is -2.21. The van der Waals surface area contributed by atoms with Gasteiger partial charge in [-0.15, -0.1) is 0 Å². The average molecular weight is 473 g/mol. The average Bonchev–Trinajstić information content (AvgIpc) is 3.07. The lowest BCUT2D eigenvalue weighted by Crippen LogP contribution is -2.27. The summed E-state index contributed by atoms with van der Waals surface area (Å²) in [6.45, 7) is 1.72. The van der Waals surface area contributed by atoms with E-state index in [9.17, 15) is 22.0 Å². The second kappa shape index (κ2) is 10.0. The van der Waals surface area contributed by atoms with E-state index in [1.54, 1.807) is 16.8 Å². The number of rotatable bonds is 3. The number of aliphatic carboxylic acids is 1. The molecule has 4 rings (SSSR count). The van der Waals surface area contributed by atoms with Crippen LogP contribution in [-0.2, 0) is 4.79 Å². The summed E-state index contributed by atoms with van der Waals surface area (Å²) in [7, 11) is 0. The molecular weight excluding hydrogens is 453 g/mol. The fraction of sp³-hybridized carbons (Fsp3) is 0.421. The van der Waals surface area contributed by atoms with Gasteiger partial charge in [0.1, 0.15) is 17.2 Å². The molecule has 0 amide bonds. The van der Waals surface area contributed by atoms with Gasteiger partial charge in [-0.2, -0.15) is 13.2 Å². The van der Waals surface area contributed by atoms with Gasteiger partial charge in [0.15, 0.2) is 11.5 Å². The van der Waals surface area contributed by atoms with Gasteiger partial charge in [0.25, 0.3) is 6.43 Å². The van der Waals surface area contributed by atoms with Crippen LogP contribution in [0.3, 0.4) is 0 Å². The van der Waals surface area contributed by atoms with Gasteiger partial charge in [-0.25, -0.2) is 33.5 Å². The molecule has 0 aliphatic carbocycles. The monoisotopic (exact) mass is 473 g/mol. The molecule has 0 spiro atoms. The highest BCUT2D eigenvalue weighted by molar-refractivity contribution is 5.73. The van der Waals surface area contributed by atoms with Gasteiger partial charge in [-0.3, -0.25) is 4.40 Å². The number of halogens is 5. The molecule has 0 saturated carbocycles. The normalized spacial score (nSPS) is 16.9. The minimum Gasteiger partial charge on any atom is -0.475 e. The minimum atomic E-state index is -5.08. The number of hydrogen-bond acceptors (Lipinski definition) is 7. The number of alkyl halides is 5. The van der Waals surface area contributed by atoms with Crippen molar-refractivity contribution >= 4 is 17.4 Å². The molecule has 0 aromatic carbocycles. The van der Waals surface area contributed by atoms with Crippen LogP contribution in [0.4, 0.5) is 27.8 Å². The molecule has 0 radical (unpaired) electrons. The Labute approximate surface area is 184 Å². The maximum Gasteiger partial charge on any atom is 0.490 e. The number of nitrogens with zero attached hydrogens (tertiary/aromatic N) is 6. The Morgan fingerprint density at radius 3 is 2.55 bits per heavy atom. The van der Waals surface area contributed by atoms with E-state index in [2.05, 4.69) is 24.8 Å². The SMILES string of the molecule is NC1CCCN(c2ccnc(-c3cnc4cnc(C(F)F)cn34)n2)CC1.O=C(O)C(F)(F)F. The van der Waals surface area contributed by atoms with Crippen LogP contribution < -0.4 is 10.6 Å². The summed E-state index contributed by atoms with van der Waals surface area (Å²) >= 11 is 0. The number of anilines is 1. The molecule has 1 fully saturated rings. The Morgan fingerprint density at radius 2 is 1.88 bits per heavy atom. The van der Waals surface area contributed by atoms with Gasteiger partial charge in [0, 0.05) is 31.5 Å². The zero-order chi connectivity index (χ0) is 24.2. The van der Waals surface area contributed by atoms with Crippen LogP contribution >= 0.6 is 0 Å². The first-order valence-electron chi connectivity index (χ1n) is 9.81. The van der Waals surface area contributed by atoms with Gasteiger partial charge in [-0.05, 0) is 25.3 Å². The zero-order valence-corrected chi connectivity index (χ0v) is 17.1. The quantitative estimate of drug-likeness (QED) is 0.557. The molecule has 1 aliphatic rings. The third-order valence-corrected chi connectivity index (χ3v) is 4.85. The fourth-order valence-electron chi connectivity index (χ4n) is 3.18. The Morgan fingerprint density at radius 1 is 1.15 bits per heavy atom. The number of carboxylic acids is 1. The number of carbonyl (C=O) groups is 1. The van der Waals surface area contributed by atoms with Crippen molar-refractivity contribution in [2.24, 2.45) is 5.73 Å². The molecule has 4 heterocycles. The molecule has 33 heavy (non-hydrogen) atoms. The van der Waals surface area contributed by atoms with Crippen molar-refractivity contribution in [3.63, 3.8) is 0 Å². The summed E-state index contributed by atoms with van der Waals surface area (Å²) in [5.74, 6) is -1.51. The van der Waals surface area contributed by atoms with Crippen molar-refractivity contribution in [2.75, 3.05) is 18.0 Å². The van der Waals surface area contributed by atoms with Gasteiger partial charge in [-0.1, -0.05) is 0 Å². The highest BCUT2D eigenvalue weighted by Crippen LogP contribution is 2.23. The summed E-state index contributed by atoms with van der Waals surface area (Å²) in [5, 5.41) is 7.12. The van der Waals surface area contributed by atoms with E-state index in [0.717, 1.165) is 38.2 Å². The molecule has 1 atom stereocenters. The third kappa shape index (κ3) is 6.09. The van der Waals surface area contributed by atoms with Crippen LogP contribution in [0.2, 0.25) is 0 Å². The maximum atomic E-state index is 13.0. The molecule has 3 aromatic heterocycles. The summed E-state index contributed by atoms with van der Waals surface area (Å²) in [5.41, 5.74) is 6.76. The standard InChI is InChI=1S/C17H19F2N7.C2HF3O2/c18-16(19)12-10-26-13(8-23-15(26)9-22-12)17-21-5-3-14(24-17)25-6-1-2-11(20)4-7-25;3-2(4,5)1(6)7/h3,5,8-11,16H,1-2,4,6-7,20H2;(H,6,7). The smallest absolute Gasteiger partial charge is 0.475 e. The predicted octanol–water partition coefficient (Wildman–Crippen LogP) is 3.07. The second-order valence-electron chi connectivity index (χ2n) is 7.20. The second-order valence-corrected chi connectivity index (χ2v) is 7.20. The van der Waals surface area contributed by atoms with Crippen molar-refractivity contribution < 1.29 is 31.9 Å². The van der Waals surface area contributed by atoms with E-state index in [4.69, 9.17) is 15.6 Å². The number of imidazole rings is 1. The van der Waals surface area contributed by atoms with Crippen molar-refractivity contribution in [2.45, 2.75) is 37.9 Å². The van der Waals surface area contributed by atoms with Gasteiger partial charge < -0.3 is 15.7 Å². The van der Waals surface area contributed by atoms with Crippen molar-refractivity contribution in [3.8, 4) is 11.5 Å². The van der Waals surface area contributed by atoms with E-state index in [-0.39, 0.29) is 11.7 Å². The van der Waals surface area contributed by atoms with E-state index in [0.29, 0.717) is 17.2 Å². The number of aromatic nitrogens is 5. The van der Waals surface area contributed by atoms with Crippen molar-refractivity contribution in [1.29, 1.82) is 0 Å². The number of nitrogens with two attached hydrogens (primary N) is 1. The maximum absolute atomic E-state index is 13.0. The minimum absolute atomic E-state index is 0.223. The van der Waals surface area contributed by atoms with Crippen molar-refractivity contribution in [1.82, 2.24) is 24.3 Å². The van der Waals surface area contributed by atoms with Crippen LogP contribution in [-0.4, -0.2) is 60.7 Å². The van der Waals surface area contributed by atoms with Crippen LogP contribution in [0, 0.1) is 0 Å². The fourth-order valence-corrected chi connectivity index (χ4v) is 3.18. The molecule has 1 unspecified atom stereocenters. The summed E-state index contributed by atoms with van der Waals surface area (Å²) in [4.78, 5) is 28.0. The molecule has 0 bridgehead atoms. The lowest BCUT2D eigenvalue weighted by molar-refractivity contribution is -0.192. The first-order valence-corrected chi connectivity index (χ1v) is 9.81. The van der Waals surface area contributed by atoms with Crippen LogP contribution in [0.1, 0.15) is 31.4 Å². The molecule has 14 heteroatoms. The van der Waals surface area contributed by atoms with Gasteiger partial charge in [0.05, 0.1) is 12.4 Å². The Bertz CT molecular complexity index is 1110. The summed E-state index contributed by atoms with van der Waals surface area (Å²) in [6.07, 6.45) is 1.06. The number of fused-ring (bicyclic) bond motifs is 1. The van der Waals surface area contributed by atoms with E-state index >= 15 is 0 Å². The number of carboxylic acid groups (broad SMARTS) is 1. The lowest BCUT2D eigenvalue weighted by atomic mass is 10.1. The third-order valence-electron chi connectivity index (χ3n) is 4.85. The summed E-state index contributed by atoms with van der Waals surface area (Å²) < 4.78 is 59.2. The first kappa shape index (κ1) is 24.2. The summed E-state index contributed by atoms with van der Waals surface area (Å²) in [6, 6.07) is 2.08. The van der Waals surface area contributed by atoms with E-state index in [1.165, 1.54) is 12.4 Å². The molecule has 178 valence electrons. The first-order chi connectivity index (χ1) is 15.6. The van der Waals surface area contributed by atoms with Crippen LogP contribution in [0.15, 0.2) is 30.9 Å². The highest BCUT2D eigenvalue weighted by Gasteiger charge is 2.38. The van der Waals surface area contributed by atoms with Gasteiger partial charge >= 0.3 is 12.1 Å². The van der Waals surface area contributed by atoms with Crippen LogP contribution in [0.25, 0.3) is 17.2 Å². The Hall–Kier alpha value is -3.42. The highest BCUT2D eigenvalue weighted by atomic mass is 19.4. The Kier molecular flexibility index (Phi) is 7.36. The zero-order valence-electron chi connectivity index (χ0n) is 17.1. The van der Waals surface area contributed by atoms with Gasteiger partial charge in [0.2, 0.25) is 0 Å². The Balaban J connectivity index is 0.000000383. The van der Waals surface area contributed by atoms with Crippen LogP contribution in [0.5, 0.6) is 0 Å². The van der Waals surface area contributed by atoms with Crippen molar-refractivity contribution in [3.05, 3.63) is 36.5 Å². The van der Waals surface area contributed by atoms with E-state index in [1.807, 2.05) is 6.07 Å². The molecule has 3 N–H and O–H groups in total. The molecule has 3 aromatic rings. The number of hydrogen-bond donors (Lipinski definition) is 2. The molecule has 1 aliphatic heterocycles. The largest absolute Gasteiger partial charge is 0.490 e. The van der Waals surface area contributed by atoms with E-state index < -0.39 is 18.6 Å².